The number of hydrogen-bond acceptors (Lipinski definition) is 2. The Bertz CT molecular complexity index is 748. The predicted molar refractivity (Wildman–Crippen MR) is 118 cm³/mol. The second kappa shape index (κ2) is 17.8. The Morgan fingerprint density at radius 1 is 0.714 bits per heavy atom. The standard InChI is InChI=1S/2C9H7.2C2H5O.C2H6Si.Zr/c2*1-2-5-9-7-3-6-8(9)4-1;2*1-2-3;1-3-2;/h2*1-7H;2*2H2,1H3;1-2H3;/q4*-1;;+2. The summed E-state index contributed by atoms with van der Waals surface area (Å²) in [6.07, 6.45) is 0. The second-order valence-electron chi connectivity index (χ2n) is 5.89. The summed E-state index contributed by atoms with van der Waals surface area (Å²) in [7, 11) is 0. The largest absolute Gasteiger partial charge is 0.168 e. The Kier molecular flexibility index (Phi) is 16.9. The molecule has 0 spiro atoms. The van der Waals surface area contributed by atoms with Gasteiger partial charge in [0.25, 0.3) is 0 Å². The molecule has 0 aliphatic rings. The molecule has 4 rings (SSSR count). The van der Waals surface area contributed by atoms with Crippen molar-refractivity contribution in [3.8, 4) is 0 Å². The van der Waals surface area contributed by atoms with E-state index >= 15 is 0 Å². The van der Waals surface area contributed by atoms with Gasteiger partial charge in [-0.3, -0.25) is 0 Å². The Labute approximate surface area is 185 Å². The van der Waals surface area contributed by atoms with Crippen molar-refractivity contribution >= 4 is 27.0 Å². The molecular weight excluding hydrogens is 440 g/mol. The third kappa shape index (κ3) is 13.0. The van der Waals surface area contributed by atoms with Gasteiger partial charge in [-0.05, 0) is 0 Å². The van der Waals surface area contributed by atoms with Crippen LogP contribution in [0.1, 0.15) is 13.8 Å². The van der Waals surface area contributed by atoms with Gasteiger partial charge in [0, 0.05) is 0 Å². The quantitative estimate of drug-likeness (QED) is 0.278. The van der Waals surface area contributed by atoms with Crippen LogP contribution in [-0.2, 0) is 23.3 Å². The first-order valence-electron chi connectivity index (χ1n) is 9.38. The summed E-state index contributed by atoms with van der Waals surface area (Å²) in [4.78, 5) is 0. The van der Waals surface area contributed by atoms with E-state index in [2.05, 4.69) is 98.0 Å². The molecule has 0 saturated carbocycles. The van der Waals surface area contributed by atoms with Gasteiger partial charge in [0.2, 0.25) is 0 Å². The maximum Gasteiger partial charge on any atom is -0.0809 e. The van der Waals surface area contributed by atoms with Crippen molar-refractivity contribution in [3.63, 3.8) is 0 Å². The van der Waals surface area contributed by atoms with E-state index in [9.17, 15) is 0 Å². The monoisotopic (exact) mass is 468 g/mol. The fraction of sp³-hybridized carbons (Fsp3) is 0.250. The molecule has 0 amide bonds. The average molecular weight is 470 g/mol. The molecule has 0 aromatic heterocycles. The van der Waals surface area contributed by atoms with E-state index in [0.29, 0.717) is 0 Å². The zero-order valence-electron chi connectivity index (χ0n) is 17.3. The molecule has 0 radical (unpaired) electrons. The molecular formula is C24H30O2SiZr-2. The van der Waals surface area contributed by atoms with E-state index in [1.807, 2.05) is 0 Å². The van der Waals surface area contributed by atoms with Gasteiger partial charge in [0.1, 0.15) is 0 Å². The van der Waals surface area contributed by atoms with Gasteiger partial charge in [0.05, 0.1) is 0 Å². The first-order chi connectivity index (χ1) is 13.5. The van der Waals surface area contributed by atoms with Crippen molar-refractivity contribution in [2.45, 2.75) is 26.9 Å². The fourth-order valence-electron chi connectivity index (χ4n) is 2.14. The van der Waals surface area contributed by atoms with E-state index in [0.717, 1.165) is 0 Å². The minimum atomic E-state index is 0. The maximum absolute atomic E-state index is 8.93. The summed E-state index contributed by atoms with van der Waals surface area (Å²) < 4.78 is 0. The van der Waals surface area contributed by atoms with Gasteiger partial charge in [-0.2, -0.15) is 35.0 Å². The van der Waals surface area contributed by atoms with E-state index in [1.54, 1.807) is 37.2 Å². The molecule has 0 bridgehead atoms. The van der Waals surface area contributed by atoms with Gasteiger partial charge < -0.3 is 10.2 Å². The molecule has 4 aromatic rings. The van der Waals surface area contributed by atoms with E-state index in [1.165, 1.54) is 21.5 Å². The number of hydrogen-bond donors (Lipinski definition) is 0. The summed E-state index contributed by atoms with van der Waals surface area (Å²) in [6.45, 7) is 7.76. The zero-order chi connectivity index (χ0) is 21.2. The smallest absolute Gasteiger partial charge is 0.0809 e. The summed E-state index contributed by atoms with van der Waals surface area (Å²) in [5, 5.41) is 23.2. The van der Waals surface area contributed by atoms with Crippen LogP contribution in [-0.4, -0.2) is 18.6 Å². The predicted octanol–water partition coefficient (Wildman–Crippen LogP) is 4.63. The SMILES string of the molecule is CC[O-].CC[O-].C[Si](C)=[Zr+2].c1ccc2[cH-]ccc2c1.c1ccc2[cH-]ccc2c1. The first-order valence-corrected chi connectivity index (χ1v) is 15.6. The van der Waals surface area contributed by atoms with E-state index in [-0.39, 0.29) is 18.6 Å². The average Bonchev–Trinajstić information content (AvgIpc) is 3.32. The van der Waals surface area contributed by atoms with Crippen LogP contribution in [0.4, 0.5) is 0 Å². The zero-order valence-corrected chi connectivity index (χ0v) is 20.8. The minimum absolute atomic E-state index is 0. The van der Waals surface area contributed by atoms with Gasteiger partial charge in [0.15, 0.2) is 0 Å². The van der Waals surface area contributed by atoms with E-state index < -0.39 is 0 Å². The van der Waals surface area contributed by atoms with Gasteiger partial charge >= 0.3 is 41.9 Å². The number of fused-ring (bicyclic) bond motifs is 2. The van der Waals surface area contributed by atoms with Crippen LogP contribution in [0.2, 0.25) is 13.1 Å². The van der Waals surface area contributed by atoms with Crippen LogP contribution < -0.4 is 10.2 Å². The Balaban J connectivity index is 0.000000361. The molecule has 4 aromatic carbocycles. The van der Waals surface area contributed by atoms with E-state index in [4.69, 9.17) is 10.2 Å². The Morgan fingerprint density at radius 2 is 1.00 bits per heavy atom. The molecule has 0 aliphatic heterocycles. The maximum atomic E-state index is 8.93. The number of benzene rings is 2. The Hall–Kier alpha value is -1.32. The Morgan fingerprint density at radius 3 is 1.29 bits per heavy atom. The number of rotatable bonds is 0. The van der Waals surface area contributed by atoms with Crippen LogP contribution in [0.15, 0.2) is 84.9 Å². The molecule has 0 N–H and O–H groups in total. The molecule has 0 heterocycles. The summed E-state index contributed by atoms with van der Waals surface area (Å²) in [5.74, 6) is 0. The van der Waals surface area contributed by atoms with Crippen LogP contribution in [0, 0.1) is 0 Å². The normalized spacial score (nSPS) is 8.86. The van der Waals surface area contributed by atoms with Gasteiger partial charge in [-0.1, -0.05) is 26.0 Å². The topological polar surface area (TPSA) is 46.1 Å². The van der Waals surface area contributed by atoms with Crippen molar-refractivity contribution in [3.05, 3.63) is 84.9 Å². The van der Waals surface area contributed by atoms with Crippen LogP contribution in [0.5, 0.6) is 0 Å². The van der Waals surface area contributed by atoms with Gasteiger partial charge in [-0.25, -0.2) is 0 Å². The fourth-order valence-corrected chi connectivity index (χ4v) is 2.14. The molecule has 0 unspecified atom stereocenters. The van der Waals surface area contributed by atoms with Crippen molar-refractivity contribution in [1.29, 1.82) is 0 Å². The molecule has 2 nitrogen and oxygen atoms in total. The third-order valence-electron chi connectivity index (χ3n) is 3.10. The molecule has 4 heteroatoms. The molecule has 0 atom stereocenters. The first kappa shape index (κ1) is 26.7. The van der Waals surface area contributed by atoms with Crippen LogP contribution in [0.25, 0.3) is 21.5 Å². The van der Waals surface area contributed by atoms with Gasteiger partial charge in [-0.15, -0.1) is 72.5 Å². The summed E-state index contributed by atoms with van der Waals surface area (Å²) >= 11 is 1.74. The molecule has 0 aliphatic carbocycles. The third-order valence-corrected chi connectivity index (χ3v) is 3.10. The summed E-state index contributed by atoms with van der Waals surface area (Å²) in [5.41, 5.74) is 0.210. The molecule has 0 saturated heterocycles. The molecule has 28 heavy (non-hydrogen) atoms. The van der Waals surface area contributed by atoms with Crippen molar-refractivity contribution in [1.82, 2.24) is 0 Å². The van der Waals surface area contributed by atoms with Crippen molar-refractivity contribution < 1.29 is 33.5 Å². The molecule has 0 fully saturated rings. The van der Waals surface area contributed by atoms with Crippen molar-refractivity contribution in [2.75, 3.05) is 13.2 Å². The summed E-state index contributed by atoms with van der Waals surface area (Å²) in [6, 6.07) is 29.3. The van der Waals surface area contributed by atoms with Crippen molar-refractivity contribution in [2.24, 2.45) is 0 Å². The van der Waals surface area contributed by atoms with Crippen LogP contribution in [0.3, 0.4) is 0 Å². The van der Waals surface area contributed by atoms with Crippen LogP contribution >= 0.6 is 0 Å². The minimum Gasteiger partial charge on any atom is -0.168 e. The molecule has 148 valence electrons. The second-order valence-corrected chi connectivity index (χ2v) is 15.3.